The first-order valence-corrected chi connectivity index (χ1v) is 7.02. The molecular weight excluding hydrogens is 222 g/mol. The molecule has 1 saturated heterocycles. The number of benzene rings is 1. The van der Waals surface area contributed by atoms with Crippen LogP contribution in [0.15, 0.2) is 24.3 Å². The first kappa shape index (κ1) is 12.2. The Morgan fingerprint density at radius 1 is 1.17 bits per heavy atom. The molecule has 1 aliphatic carbocycles. The smallest absolute Gasteiger partial charge is 0.0591 e. The van der Waals surface area contributed by atoms with Crippen molar-refractivity contribution in [2.75, 3.05) is 19.8 Å². The molecule has 0 radical (unpaired) electrons. The molecule has 0 atom stereocenters. The fraction of sp³-hybridized carbons (Fsp3) is 0.625. The number of ether oxygens (including phenoxy) is 1. The lowest BCUT2D eigenvalue weighted by atomic mass is 9.66. The number of rotatable bonds is 4. The van der Waals surface area contributed by atoms with Crippen LogP contribution in [0, 0.1) is 5.41 Å². The molecule has 0 amide bonds. The molecule has 1 aliphatic heterocycles. The molecular formula is C16H23NO. The van der Waals surface area contributed by atoms with Crippen molar-refractivity contribution in [2.45, 2.75) is 38.0 Å². The van der Waals surface area contributed by atoms with Crippen LogP contribution in [0.1, 0.15) is 43.7 Å². The van der Waals surface area contributed by atoms with Gasteiger partial charge >= 0.3 is 0 Å². The average molecular weight is 245 g/mol. The predicted molar refractivity (Wildman–Crippen MR) is 73.7 cm³/mol. The van der Waals surface area contributed by atoms with Crippen molar-refractivity contribution in [3.05, 3.63) is 35.4 Å². The maximum absolute atomic E-state index is 6.02. The Morgan fingerprint density at radius 3 is 2.11 bits per heavy atom. The van der Waals surface area contributed by atoms with E-state index in [2.05, 4.69) is 38.1 Å². The van der Waals surface area contributed by atoms with Crippen LogP contribution in [-0.4, -0.2) is 19.8 Å². The van der Waals surface area contributed by atoms with Gasteiger partial charge in [0.1, 0.15) is 0 Å². The standard InChI is InChI=1S/C16H23NO/c1-12(2)13-3-5-14(6-4-13)16(10-18-11-16)15(9-17)7-8-15/h3-6,12H,7-11,17H2,1-2H3. The highest BCUT2D eigenvalue weighted by atomic mass is 16.5. The van der Waals surface area contributed by atoms with Gasteiger partial charge in [-0.05, 0) is 41.8 Å². The van der Waals surface area contributed by atoms with Crippen LogP contribution in [0.4, 0.5) is 0 Å². The summed E-state index contributed by atoms with van der Waals surface area (Å²) in [5, 5.41) is 0. The molecule has 2 nitrogen and oxygen atoms in total. The normalized spacial score (nSPS) is 23.8. The zero-order valence-corrected chi connectivity index (χ0v) is 11.4. The Labute approximate surface area is 110 Å². The van der Waals surface area contributed by atoms with Crippen molar-refractivity contribution in [1.29, 1.82) is 0 Å². The Morgan fingerprint density at radius 2 is 1.78 bits per heavy atom. The van der Waals surface area contributed by atoms with Crippen LogP contribution >= 0.6 is 0 Å². The maximum atomic E-state index is 6.02. The van der Waals surface area contributed by atoms with E-state index >= 15 is 0 Å². The molecule has 1 saturated carbocycles. The summed E-state index contributed by atoms with van der Waals surface area (Å²) >= 11 is 0. The summed E-state index contributed by atoms with van der Waals surface area (Å²) in [6, 6.07) is 9.14. The molecule has 2 heteroatoms. The van der Waals surface area contributed by atoms with Crippen molar-refractivity contribution in [3.63, 3.8) is 0 Å². The molecule has 0 spiro atoms. The molecule has 1 aromatic rings. The molecule has 1 heterocycles. The van der Waals surface area contributed by atoms with E-state index in [1.165, 1.54) is 24.0 Å². The number of hydrogen-bond acceptors (Lipinski definition) is 2. The highest BCUT2D eigenvalue weighted by Gasteiger charge is 2.62. The van der Waals surface area contributed by atoms with Crippen LogP contribution in [0.5, 0.6) is 0 Å². The van der Waals surface area contributed by atoms with Crippen LogP contribution < -0.4 is 5.73 Å². The fourth-order valence-corrected chi connectivity index (χ4v) is 3.30. The van der Waals surface area contributed by atoms with E-state index in [0.717, 1.165) is 19.8 Å². The fourth-order valence-electron chi connectivity index (χ4n) is 3.30. The van der Waals surface area contributed by atoms with Crippen molar-refractivity contribution in [1.82, 2.24) is 0 Å². The van der Waals surface area contributed by atoms with Gasteiger partial charge in [0, 0.05) is 5.41 Å². The van der Waals surface area contributed by atoms with Gasteiger partial charge < -0.3 is 10.5 Å². The minimum Gasteiger partial charge on any atom is -0.379 e. The highest BCUT2D eigenvalue weighted by Crippen LogP contribution is 2.61. The van der Waals surface area contributed by atoms with Crippen LogP contribution in [0.2, 0.25) is 0 Å². The lowest BCUT2D eigenvalue weighted by Crippen LogP contribution is -2.55. The Kier molecular flexibility index (Phi) is 2.76. The van der Waals surface area contributed by atoms with Gasteiger partial charge in [0.25, 0.3) is 0 Å². The summed E-state index contributed by atoms with van der Waals surface area (Å²) in [5.74, 6) is 0.594. The molecule has 98 valence electrons. The topological polar surface area (TPSA) is 35.2 Å². The zero-order valence-electron chi connectivity index (χ0n) is 11.4. The largest absolute Gasteiger partial charge is 0.379 e. The Bertz CT molecular complexity index is 427. The van der Waals surface area contributed by atoms with Gasteiger partial charge in [-0.25, -0.2) is 0 Å². The van der Waals surface area contributed by atoms with Gasteiger partial charge in [-0.15, -0.1) is 0 Å². The first-order valence-electron chi connectivity index (χ1n) is 7.02. The van der Waals surface area contributed by atoms with Crippen LogP contribution in [-0.2, 0) is 10.2 Å². The van der Waals surface area contributed by atoms with Gasteiger partial charge in [0.2, 0.25) is 0 Å². The molecule has 2 N–H and O–H groups in total. The third kappa shape index (κ3) is 1.55. The lowest BCUT2D eigenvalue weighted by molar-refractivity contribution is -0.0973. The van der Waals surface area contributed by atoms with E-state index < -0.39 is 0 Å². The molecule has 0 bridgehead atoms. The van der Waals surface area contributed by atoms with E-state index in [9.17, 15) is 0 Å². The molecule has 18 heavy (non-hydrogen) atoms. The van der Waals surface area contributed by atoms with Crippen molar-refractivity contribution < 1.29 is 4.74 Å². The van der Waals surface area contributed by atoms with E-state index in [1.807, 2.05) is 0 Å². The van der Waals surface area contributed by atoms with Crippen molar-refractivity contribution in [2.24, 2.45) is 11.1 Å². The van der Waals surface area contributed by atoms with Crippen molar-refractivity contribution in [3.8, 4) is 0 Å². The highest BCUT2D eigenvalue weighted by molar-refractivity contribution is 5.37. The van der Waals surface area contributed by atoms with Crippen LogP contribution in [0.3, 0.4) is 0 Å². The zero-order chi connectivity index (χ0) is 12.8. The molecule has 0 aromatic heterocycles. The van der Waals surface area contributed by atoms with Crippen molar-refractivity contribution >= 4 is 0 Å². The quantitative estimate of drug-likeness (QED) is 0.885. The third-order valence-corrected chi connectivity index (χ3v) is 5.09. The lowest BCUT2D eigenvalue weighted by Gasteiger charge is -2.48. The van der Waals surface area contributed by atoms with E-state index in [4.69, 9.17) is 10.5 Å². The molecule has 2 aliphatic rings. The van der Waals surface area contributed by atoms with Gasteiger partial charge in [0.15, 0.2) is 0 Å². The number of nitrogens with two attached hydrogens (primary N) is 1. The van der Waals surface area contributed by atoms with Gasteiger partial charge in [0.05, 0.1) is 13.2 Å². The summed E-state index contributed by atoms with van der Waals surface area (Å²) in [6.07, 6.45) is 2.53. The van der Waals surface area contributed by atoms with E-state index in [-0.39, 0.29) is 5.41 Å². The first-order chi connectivity index (χ1) is 8.63. The minimum absolute atomic E-state index is 0.206. The minimum atomic E-state index is 0.206. The van der Waals surface area contributed by atoms with E-state index in [1.54, 1.807) is 0 Å². The SMILES string of the molecule is CC(C)c1ccc(C2(C3(CN)CC3)COC2)cc1. The average Bonchev–Trinajstić information content (AvgIpc) is 3.10. The Balaban J connectivity index is 1.93. The summed E-state index contributed by atoms with van der Waals surface area (Å²) in [7, 11) is 0. The maximum Gasteiger partial charge on any atom is 0.0591 e. The molecule has 3 rings (SSSR count). The second-order valence-electron chi connectivity index (χ2n) is 6.34. The summed E-state index contributed by atoms with van der Waals surface area (Å²) in [5.41, 5.74) is 9.39. The monoisotopic (exact) mass is 245 g/mol. The van der Waals surface area contributed by atoms with Gasteiger partial charge in [-0.1, -0.05) is 38.1 Å². The van der Waals surface area contributed by atoms with Gasteiger partial charge in [-0.2, -0.15) is 0 Å². The molecule has 2 fully saturated rings. The summed E-state index contributed by atoms with van der Waals surface area (Å²) in [4.78, 5) is 0. The molecule has 0 unspecified atom stereocenters. The predicted octanol–water partition coefficient (Wildman–Crippen LogP) is 2.82. The van der Waals surface area contributed by atoms with E-state index in [0.29, 0.717) is 11.3 Å². The summed E-state index contributed by atoms with van der Waals surface area (Å²) in [6.45, 7) is 6.97. The third-order valence-electron chi connectivity index (χ3n) is 5.09. The molecule has 1 aromatic carbocycles. The Hall–Kier alpha value is -0.860. The second kappa shape index (κ2) is 4.07. The second-order valence-corrected chi connectivity index (χ2v) is 6.34. The number of hydrogen-bond donors (Lipinski definition) is 1. The van der Waals surface area contributed by atoms with Gasteiger partial charge in [-0.3, -0.25) is 0 Å². The summed E-state index contributed by atoms with van der Waals surface area (Å²) < 4.78 is 5.54. The van der Waals surface area contributed by atoms with Crippen LogP contribution in [0.25, 0.3) is 0 Å².